The van der Waals surface area contributed by atoms with Crippen molar-refractivity contribution in [2.75, 3.05) is 5.32 Å². The molecule has 4 nitrogen and oxygen atoms in total. The SMILES string of the molecule is Cc1ccc(-c2cnc3c(Nc4ccccc4)nc4ccccc4n23)cc1. The molecule has 3 aromatic carbocycles. The number of benzene rings is 3. The molecule has 0 amide bonds. The summed E-state index contributed by atoms with van der Waals surface area (Å²) in [6.45, 7) is 2.10. The Morgan fingerprint density at radius 1 is 0.815 bits per heavy atom. The number of aromatic nitrogens is 3. The molecule has 0 bridgehead atoms. The first-order chi connectivity index (χ1) is 13.3. The average Bonchev–Trinajstić information content (AvgIpc) is 3.15. The third-order valence-corrected chi connectivity index (χ3v) is 4.71. The van der Waals surface area contributed by atoms with Crippen molar-refractivity contribution in [2.24, 2.45) is 0 Å². The number of rotatable bonds is 3. The van der Waals surface area contributed by atoms with E-state index in [1.807, 2.05) is 54.7 Å². The zero-order valence-corrected chi connectivity index (χ0v) is 14.9. The van der Waals surface area contributed by atoms with Gasteiger partial charge in [0.05, 0.1) is 22.9 Å². The van der Waals surface area contributed by atoms with Crippen LogP contribution < -0.4 is 5.32 Å². The van der Waals surface area contributed by atoms with Gasteiger partial charge in [0, 0.05) is 11.3 Å². The molecule has 2 heterocycles. The second-order valence-electron chi connectivity index (χ2n) is 6.61. The van der Waals surface area contributed by atoms with Crippen LogP contribution in [-0.2, 0) is 0 Å². The van der Waals surface area contributed by atoms with Crippen LogP contribution in [0.5, 0.6) is 0 Å². The number of hydrogen-bond donors (Lipinski definition) is 1. The van der Waals surface area contributed by atoms with Crippen LogP contribution in [0, 0.1) is 6.92 Å². The van der Waals surface area contributed by atoms with Crippen molar-refractivity contribution in [1.82, 2.24) is 14.4 Å². The highest BCUT2D eigenvalue weighted by atomic mass is 15.1. The summed E-state index contributed by atoms with van der Waals surface area (Å²) in [5.74, 6) is 0.748. The van der Waals surface area contributed by atoms with Crippen LogP contribution >= 0.6 is 0 Å². The largest absolute Gasteiger partial charge is 0.337 e. The van der Waals surface area contributed by atoms with Crippen LogP contribution in [-0.4, -0.2) is 14.4 Å². The van der Waals surface area contributed by atoms with Crippen LogP contribution in [0.2, 0.25) is 0 Å². The van der Waals surface area contributed by atoms with E-state index in [1.165, 1.54) is 5.56 Å². The number of anilines is 2. The van der Waals surface area contributed by atoms with E-state index < -0.39 is 0 Å². The molecule has 0 aliphatic heterocycles. The number of para-hydroxylation sites is 3. The van der Waals surface area contributed by atoms with Gasteiger partial charge in [0.2, 0.25) is 0 Å². The maximum atomic E-state index is 4.83. The molecule has 130 valence electrons. The summed E-state index contributed by atoms with van der Waals surface area (Å²) >= 11 is 0. The molecule has 0 spiro atoms. The van der Waals surface area contributed by atoms with Gasteiger partial charge in [-0.3, -0.25) is 4.40 Å². The van der Waals surface area contributed by atoms with Crippen LogP contribution in [0.15, 0.2) is 85.1 Å². The summed E-state index contributed by atoms with van der Waals surface area (Å²) in [6.07, 6.45) is 1.92. The molecule has 2 aromatic heterocycles. The summed E-state index contributed by atoms with van der Waals surface area (Å²) in [5.41, 5.74) is 7.20. The van der Waals surface area contributed by atoms with Crippen LogP contribution in [0.1, 0.15) is 5.56 Å². The summed E-state index contributed by atoms with van der Waals surface area (Å²) in [6, 6.07) is 26.7. The predicted octanol–water partition coefficient (Wildman–Crippen LogP) is 5.60. The van der Waals surface area contributed by atoms with Gasteiger partial charge in [-0.15, -0.1) is 0 Å². The molecule has 0 aliphatic rings. The molecule has 0 unspecified atom stereocenters. The molecule has 5 aromatic rings. The zero-order chi connectivity index (χ0) is 18.2. The Morgan fingerprint density at radius 2 is 1.56 bits per heavy atom. The van der Waals surface area contributed by atoms with Gasteiger partial charge in [-0.05, 0) is 31.2 Å². The Balaban J connectivity index is 1.78. The topological polar surface area (TPSA) is 42.2 Å². The third-order valence-electron chi connectivity index (χ3n) is 4.71. The monoisotopic (exact) mass is 350 g/mol. The minimum absolute atomic E-state index is 0.748. The van der Waals surface area contributed by atoms with E-state index in [4.69, 9.17) is 9.97 Å². The van der Waals surface area contributed by atoms with Gasteiger partial charge in [-0.1, -0.05) is 60.2 Å². The first-order valence-corrected chi connectivity index (χ1v) is 8.95. The Labute approximate surface area is 157 Å². The molecule has 27 heavy (non-hydrogen) atoms. The molecular weight excluding hydrogens is 332 g/mol. The lowest BCUT2D eigenvalue weighted by Gasteiger charge is -2.11. The Morgan fingerprint density at radius 3 is 2.37 bits per heavy atom. The Hall–Kier alpha value is -3.66. The number of fused-ring (bicyclic) bond motifs is 3. The van der Waals surface area contributed by atoms with E-state index in [-0.39, 0.29) is 0 Å². The molecule has 0 atom stereocenters. The maximum absolute atomic E-state index is 4.83. The summed E-state index contributed by atoms with van der Waals surface area (Å²) < 4.78 is 2.18. The highest BCUT2D eigenvalue weighted by Gasteiger charge is 2.14. The van der Waals surface area contributed by atoms with Crippen molar-refractivity contribution in [3.05, 3.63) is 90.6 Å². The van der Waals surface area contributed by atoms with Gasteiger partial charge in [0.1, 0.15) is 0 Å². The molecule has 4 heteroatoms. The number of nitrogens with zero attached hydrogens (tertiary/aromatic N) is 3. The minimum Gasteiger partial charge on any atom is -0.337 e. The van der Waals surface area contributed by atoms with Crippen molar-refractivity contribution in [3.8, 4) is 11.3 Å². The quantitative estimate of drug-likeness (QED) is 0.460. The first-order valence-electron chi connectivity index (χ1n) is 8.95. The number of hydrogen-bond acceptors (Lipinski definition) is 3. The molecule has 0 saturated carbocycles. The molecular formula is C23H18N4. The lowest BCUT2D eigenvalue weighted by Crippen LogP contribution is -2.01. The Bertz CT molecular complexity index is 1240. The molecule has 0 fully saturated rings. The average molecular weight is 350 g/mol. The molecule has 0 radical (unpaired) electrons. The maximum Gasteiger partial charge on any atom is 0.181 e. The molecule has 5 rings (SSSR count). The van der Waals surface area contributed by atoms with Gasteiger partial charge < -0.3 is 5.32 Å². The molecule has 0 saturated heterocycles. The number of imidazole rings is 1. The number of nitrogens with one attached hydrogen (secondary N) is 1. The van der Waals surface area contributed by atoms with Crippen molar-refractivity contribution >= 4 is 28.2 Å². The first kappa shape index (κ1) is 15.6. The Kier molecular flexibility index (Phi) is 3.61. The smallest absolute Gasteiger partial charge is 0.181 e. The van der Waals surface area contributed by atoms with Crippen molar-refractivity contribution < 1.29 is 0 Å². The fraction of sp³-hybridized carbons (Fsp3) is 0.0435. The van der Waals surface area contributed by atoms with E-state index >= 15 is 0 Å². The van der Waals surface area contributed by atoms with Gasteiger partial charge in [-0.25, -0.2) is 9.97 Å². The van der Waals surface area contributed by atoms with Gasteiger partial charge >= 0.3 is 0 Å². The van der Waals surface area contributed by atoms with E-state index in [2.05, 4.69) is 47.0 Å². The van der Waals surface area contributed by atoms with Crippen LogP contribution in [0.4, 0.5) is 11.5 Å². The second kappa shape index (κ2) is 6.25. The summed E-state index contributed by atoms with van der Waals surface area (Å²) in [7, 11) is 0. The van der Waals surface area contributed by atoms with Crippen LogP contribution in [0.25, 0.3) is 27.9 Å². The van der Waals surface area contributed by atoms with Gasteiger partial charge in [-0.2, -0.15) is 0 Å². The molecule has 1 N–H and O–H groups in total. The van der Waals surface area contributed by atoms with E-state index in [0.717, 1.165) is 39.4 Å². The number of aryl methyl sites for hydroxylation is 1. The van der Waals surface area contributed by atoms with Gasteiger partial charge in [0.25, 0.3) is 0 Å². The van der Waals surface area contributed by atoms with Gasteiger partial charge in [0.15, 0.2) is 11.5 Å². The minimum atomic E-state index is 0.748. The highest BCUT2D eigenvalue weighted by Crippen LogP contribution is 2.29. The second-order valence-corrected chi connectivity index (χ2v) is 6.61. The predicted molar refractivity (Wildman–Crippen MR) is 110 cm³/mol. The van der Waals surface area contributed by atoms with Crippen LogP contribution in [0.3, 0.4) is 0 Å². The third kappa shape index (κ3) is 2.72. The summed E-state index contributed by atoms with van der Waals surface area (Å²) in [5, 5.41) is 3.42. The van der Waals surface area contributed by atoms with Crippen molar-refractivity contribution in [1.29, 1.82) is 0 Å². The standard InChI is InChI=1S/C23H18N4/c1-16-11-13-17(14-12-16)21-15-24-23-22(25-18-7-3-2-4-8-18)26-19-9-5-6-10-20(19)27(21)23/h2-15H,1H3,(H,25,26). The molecule has 0 aliphatic carbocycles. The zero-order valence-electron chi connectivity index (χ0n) is 14.9. The van der Waals surface area contributed by atoms with E-state index in [1.54, 1.807) is 0 Å². The fourth-order valence-electron chi connectivity index (χ4n) is 3.35. The van der Waals surface area contributed by atoms with E-state index in [0.29, 0.717) is 0 Å². The summed E-state index contributed by atoms with van der Waals surface area (Å²) in [4.78, 5) is 9.53. The lowest BCUT2D eigenvalue weighted by atomic mass is 10.1. The fourth-order valence-corrected chi connectivity index (χ4v) is 3.35. The lowest BCUT2D eigenvalue weighted by molar-refractivity contribution is 1.21. The van der Waals surface area contributed by atoms with Crippen molar-refractivity contribution in [3.63, 3.8) is 0 Å². The highest BCUT2D eigenvalue weighted by molar-refractivity contribution is 5.87. The van der Waals surface area contributed by atoms with E-state index in [9.17, 15) is 0 Å². The normalized spacial score (nSPS) is 11.1. The van der Waals surface area contributed by atoms with Crippen molar-refractivity contribution in [2.45, 2.75) is 6.92 Å².